The topological polar surface area (TPSA) is 76.1 Å². The molecule has 0 radical (unpaired) electrons. The number of hydrogen-bond acceptors (Lipinski definition) is 6. The van der Waals surface area contributed by atoms with Crippen molar-refractivity contribution in [3.05, 3.63) is 0 Å². The van der Waals surface area contributed by atoms with Crippen LogP contribution in [-0.4, -0.2) is 61.4 Å². The summed E-state index contributed by atoms with van der Waals surface area (Å²) in [6, 6.07) is 0. The van der Waals surface area contributed by atoms with Gasteiger partial charge in [0.15, 0.2) is 0 Å². The number of aliphatic hydroxyl groups excluding tert-OH is 1. The van der Waals surface area contributed by atoms with Gasteiger partial charge in [0.2, 0.25) is 0 Å². The highest BCUT2D eigenvalue weighted by Crippen LogP contribution is 2.33. The molecule has 2 aliphatic carbocycles. The molecule has 0 atom stereocenters. The van der Waals surface area contributed by atoms with E-state index in [0.717, 1.165) is 76.4 Å². The number of carbonyl (C=O) groups is 2. The molecule has 2 fully saturated rings. The second-order valence-electron chi connectivity index (χ2n) is 12.4. The van der Waals surface area contributed by atoms with Crippen molar-refractivity contribution >= 4 is 11.9 Å². The van der Waals surface area contributed by atoms with Crippen LogP contribution in [0.2, 0.25) is 0 Å². The number of rotatable bonds is 21. The highest BCUT2D eigenvalue weighted by molar-refractivity contribution is 5.72. The van der Waals surface area contributed by atoms with E-state index >= 15 is 0 Å². The second-order valence-corrected chi connectivity index (χ2v) is 12.4. The number of aliphatic hydroxyl groups is 1. The lowest BCUT2D eigenvalue weighted by Gasteiger charge is -2.27. The molecule has 2 rings (SSSR count). The zero-order valence-electron chi connectivity index (χ0n) is 25.5. The maximum Gasteiger partial charge on any atom is 0.308 e. The molecule has 0 spiro atoms. The maximum absolute atomic E-state index is 12.5. The number of hydrogen-bond donors (Lipinski definition) is 1. The highest BCUT2D eigenvalue weighted by atomic mass is 16.5. The minimum Gasteiger partial charge on any atom is -0.465 e. The minimum absolute atomic E-state index is 0.00850. The van der Waals surface area contributed by atoms with Crippen LogP contribution >= 0.6 is 0 Å². The summed E-state index contributed by atoms with van der Waals surface area (Å²) in [5.74, 6) is 1.76. The number of unbranched alkanes of at least 4 members (excludes halogenated alkanes) is 4. The Labute approximate surface area is 240 Å². The zero-order chi connectivity index (χ0) is 28.1. The molecule has 0 aromatic rings. The van der Waals surface area contributed by atoms with Crippen molar-refractivity contribution < 1.29 is 24.2 Å². The Morgan fingerprint density at radius 1 is 0.615 bits per heavy atom. The van der Waals surface area contributed by atoms with Crippen molar-refractivity contribution in [2.24, 2.45) is 23.7 Å². The first-order chi connectivity index (χ1) is 19.1. The van der Waals surface area contributed by atoms with Crippen LogP contribution in [0.15, 0.2) is 0 Å². The van der Waals surface area contributed by atoms with Crippen LogP contribution in [0, 0.1) is 23.7 Å². The van der Waals surface area contributed by atoms with E-state index in [0.29, 0.717) is 13.2 Å². The summed E-state index contributed by atoms with van der Waals surface area (Å²) in [4.78, 5) is 27.4. The Kier molecular flexibility index (Phi) is 18.9. The van der Waals surface area contributed by atoms with Crippen molar-refractivity contribution in [2.75, 3.05) is 39.5 Å². The molecule has 228 valence electrons. The molecule has 39 heavy (non-hydrogen) atoms. The van der Waals surface area contributed by atoms with E-state index in [4.69, 9.17) is 9.47 Å². The molecule has 0 bridgehead atoms. The molecule has 0 aliphatic heterocycles. The molecule has 2 saturated carbocycles. The Bertz CT molecular complexity index is 576. The molecule has 2 aliphatic rings. The lowest BCUT2D eigenvalue weighted by Crippen LogP contribution is -2.30. The summed E-state index contributed by atoms with van der Waals surface area (Å²) in [6.45, 7) is 8.04. The molecule has 0 aromatic heterocycles. The largest absolute Gasteiger partial charge is 0.465 e. The first kappa shape index (κ1) is 34.1. The highest BCUT2D eigenvalue weighted by Gasteiger charge is 2.28. The molecular formula is C33H61NO5. The van der Waals surface area contributed by atoms with Crippen LogP contribution in [0.1, 0.15) is 136 Å². The second kappa shape index (κ2) is 21.6. The van der Waals surface area contributed by atoms with Gasteiger partial charge in [-0.05, 0) is 82.5 Å². The molecule has 0 heterocycles. The van der Waals surface area contributed by atoms with E-state index in [-0.39, 0.29) is 30.4 Å². The van der Waals surface area contributed by atoms with Gasteiger partial charge < -0.3 is 19.5 Å². The average Bonchev–Trinajstić information content (AvgIpc) is 2.96. The molecule has 0 unspecified atom stereocenters. The molecule has 0 amide bonds. The molecule has 1 N–H and O–H groups in total. The maximum atomic E-state index is 12.5. The van der Waals surface area contributed by atoms with Crippen molar-refractivity contribution in [2.45, 2.75) is 136 Å². The lowest BCUT2D eigenvalue weighted by atomic mass is 9.80. The van der Waals surface area contributed by atoms with Crippen molar-refractivity contribution in [3.8, 4) is 0 Å². The van der Waals surface area contributed by atoms with E-state index < -0.39 is 0 Å². The van der Waals surface area contributed by atoms with Gasteiger partial charge in [-0.1, -0.05) is 65.2 Å². The van der Waals surface area contributed by atoms with E-state index in [1.54, 1.807) is 0 Å². The number of esters is 2. The van der Waals surface area contributed by atoms with E-state index in [9.17, 15) is 14.7 Å². The molecule has 6 heteroatoms. The molecular weight excluding hydrogens is 490 g/mol. The lowest BCUT2D eigenvalue weighted by molar-refractivity contribution is -0.150. The number of nitrogens with zero attached hydrogens (tertiary/aromatic N) is 1. The summed E-state index contributed by atoms with van der Waals surface area (Å²) in [5.41, 5.74) is 0. The van der Waals surface area contributed by atoms with Crippen molar-refractivity contribution in [1.29, 1.82) is 0 Å². The van der Waals surface area contributed by atoms with Crippen LogP contribution in [0.4, 0.5) is 0 Å². The van der Waals surface area contributed by atoms with Crippen LogP contribution < -0.4 is 0 Å². The van der Waals surface area contributed by atoms with Crippen LogP contribution in [0.25, 0.3) is 0 Å². The van der Waals surface area contributed by atoms with Gasteiger partial charge in [0.25, 0.3) is 0 Å². The molecule has 0 aromatic carbocycles. The summed E-state index contributed by atoms with van der Waals surface area (Å²) >= 11 is 0. The van der Waals surface area contributed by atoms with E-state index in [2.05, 4.69) is 18.7 Å². The van der Waals surface area contributed by atoms with Crippen LogP contribution in [0.3, 0.4) is 0 Å². The molecule has 6 nitrogen and oxygen atoms in total. The predicted octanol–water partition coefficient (Wildman–Crippen LogP) is 7.31. The van der Waals surface area contributed by atoms with Gasteiger partial charge in [-0.15, -0.1) is 0 Å². The Balaban J connectivity index is 1.55. The quantitative estimate of drug-likeness (QED) is 0.119. The van der Waals surface area contributed by atoms with Gasteiger partial charge in [0.1, 0.15) is 0 Å². The Hall–Kier alpha value is -1.14. The molecule has 0 saturated heterocycles. The van der Waals surface area contributed by atoms with Crippen molar-refractivity contribution in [3.63, 3.8) is 0 Å². The SMILES string of the molecule is CCCCCC1CCC(C(=O)OCCCN(CCCO)CCCOC(=O)C2CCC(CCCCC)CC2)CC1. The normalized spacial score (nSPS) is 23.6. The fraction of sp³-hybridized carbons (Fsp3) is 0.939. The fourth-order valence-electron chi connectivity index (χ4n) is 6.53. The third kappa shape index (κ3) is 14.9. The smallest absolute Gasteiger partial charge is 0.308 e. The van der Waals surface area contributed by atoms with E-state index in [1.807, 2.05) is 0 Å². The summed E-state index contributed by atoms with van der Waals surface area (Å²) in [5, 5.41) is 9.28. The third-order valence-electron chi connectivity index (χ3n) is 9.15. The Morgan fingerprint density at radius 2 is 1.03 bits per heavy atom. The average molecular weight is 552 g/mol. The minimum atomic E-state index is -0.00850. The van der Waals surface area contributed by atoms with Crippen LogP contribution in [-0.2, 0) is 19.1 Å². The van der Waals surface area contributed by atoms with Gasteiger partial charge in [-0.2, -0.15) is 0 Å². The van der Waals surface area contributed by atoms with Crippen LogP contribution in [0.5, 0.6) is 0 Å². The monoisotopic (exact) mass is 551 g/mol. The summed E-state index contributed by atoms with van der Waals surface area (Å²) in [6.07, 6.45) is 21.4. The predicted molar refractivity (Wildman–Crippen MR) is 158 cm³/mol. The first-order valence-electron chi connectivity index (χ1n) is 16.7. The van der Waals surface area contributed by atoms with E-state index in [1.165, 1.54) is 77.0 Å². The number of ether oxygens (including phenoxy) is 2. The number of carbonyl (C=O) groups excluding carboxylic acids is 2. The van der Waals surface area contributed by atoms with Gasteiger partial charge >= 0.3 is 11.9 Å². The zero-order valence-corrected chi connectivity index (χ0v) is 25.5. The van der Waals surface area contributed by atoms with Gasteiger partial charge in [0, 0.05) is 26.2 Å². The summed E-state index contributed by atoms with van der Waals surface area (Å²) < 4.78 is 11.3. The summed E-state index contributed by atoms with van der Waals surface area (Å²) in [7, 11) is 0. The Morgan fingerprint density at radius 3 is 1.41 bits per heavy atom. The third-order valence-corrected chi connectivity index (χ3v) is 9.15. The van der Waals surface area contributed by atoms with Gasteiger partial charge in [0.05, 0.1) is 25.0 Å². The standard InChI is InChI=1S/C33H61NO5/c1-3-5-7-12-28-14-18-30(19-15-28)32(36)38-26-10-23-34(22-9-25-35)24-11-27-39-33(37)31-20-16-29(17-21-31)13-8-6-4-2/h28-31,35H,3-27H2,1-2H3. The van der Waals surface area contributed by atoms with Gasteiger partial charge in [-0.25, -0.2) is 0 Å². The fourth-order valence-corrected chi connectivity index (χ4v) is 6.53. The first-order valence-corrected chi connectivity index (χ1v) is 16.7. The van der Waals surface area contributed by atoms with Gasteiger partial charge in [-0.3, -0.25) is 9.59 Å². The van der Waals surface area contributed by atoms with Crippen molar-refractivity contribution in [1.82, 2.24) is 4.90 Å².